The molecule has 0 fully saturated rings. The average molecular weight is 254 g/mol. The van der Waals surface area contributed by atoms with Crippen molar-refractivity contribution in [2.75, 3.05) is 6.61 Å². The highest BCUT2D eigenvalue weighted by Gasteiger charge is 2.25. The van der Waals surface area contributed by atoms with Crippen LogP contribution < -0.4 is 5.32 Å². The number of benzene rings is 1. The molecule has 0 aromatic heterocycles. The normalized spacial score (nSPS) is 20.6. The van der Waals surface area contributed by atoms with E-state index in [-0.39, 0.29) is 12.6 Å². The second-order valence-corrected chi connectivity index (χ2v) is 5.57. The van der Waals surface area contributed by atoms with Crippen LogP contribution in [0.5, 0.6) is 0 Å². The van der Waals surface area contributed by atoms with Crippen molar-refractivity contribution >= 4 is 11.6 Å². The molecule has 0 aliphatic heterocycles. The van der Waals surface area contributed by atoms with E-state index in [1.165, 1.54) is 11.1 Å². The molecule has 1 aromatic rings. The van der Waals surface area contributed by atoms with E-state index in [0.717, 1.165) is 17.9 Å². The molecule has 0 heterocycles. The fraction of sp³-hybridized carbons (Fsp3) is 0.571. The van der Waals surface area contributed by atoms with E-state index in [2.05, 4.69) is 31.3 Å². The van der Waals surface area contributed by atoms with Crippen LogP contribution in [0.15, 0.2) is 18.2 Å². The first-order chi connectivity index (χ1) is 8.11. The third-order valence-corrected chi connectivity index (χ3v) is 3.83. The lowest BCUT2D eigenvalue weighted by Crippen LogP contribution is -2.38. The Morgan fingerprint density at radius 1 is 1.47 bits per heavy atom. The smallest absolute Gasteiger partial charge is 0.0587 e. The highest BCUT2D eigenvalue weighted by Crippen LogP contribution is 2.33. The van der Waals surface area contributed by atoms with Crippen LogP contribution in [0.4, 0.5) is 0 Å². The minimum atomic E-state index is 0.168. The molecular formula is C14H20ClNO. The number of aryl methyl sites for hydroxylation is 1. The maximum atomic E-state index is 9.37. The molecule has 0 bridgehead atoms. The molecule has 94 valence electrons. The van der Waals surface area contributed by atoms with E-state index >= 15 is 0 Å². The fourth-order valence-corrected chi connectivity index (χ4v) is 2.67. The molecule has 1 aliphatic carbocycles. The van der Waals surface area contributed by atoms with Crippen LogP contribution in [0, 0.1) is 5.92 Å². The molecule has 1 unspecified atom stereocenters. The summed E-state index contributed by atoms with van der Waals surface area (Å²) in [6.07, 6.45) is 2.17. The third-order valence-electron chi connectivity index (χ3n) is 3.60. The van der Waals surface area contributed by atoms with Crippen molar-refractivity contribution in [3.8, 4) is 0 Å². The lowest BCUT2D eigenvalue weighted by Gasteiger charge is -2.25. The van der Waals surface area contributed by atoms with Gasteiger partial charge in [0, 0.05) is 17.1 Å². The molecule has 2 N–H and O–H groups in total. The molecule has 17 heavy (non-hydrogen) atoms. The first-order valence-electron chi connectivity index (χ1n) is 6.27. The quantitative estimate of drug-likeness (QED) is 0.865. The molecule has 2 atom stereocenters. The van der Waals surface area contributed by atoms with Gasteiger partial charge in [0.2, 0.25) is 0 Å². The standard InChI is InChI=1S/C14H20ClNO/c1-9(2)14(8-17)16-13-6-3-10-7-11(15)4-5-12(10)13/h4-5,7,9,13-14,16-17H,3,6,8H2,1-2H3/t13?,14-/m1/s1. The van der Waals surface area contributed by atoms with Gasteiger partial charge in [-0.3, -0.25) is 0 Å². The topological polar surface area (TPSA) is 32.3 Å². The molecule has 2 rings (SSSR count). The van der Waals surface area contributed by atoms with Gasteiger partial charge in [-0.15, -0.1) is 0 Å². The summed E-state index contributed by atoms with van der Waals surface area (Å²) in [5, 5.41) is 13.7. The van der Waals surface area contributed by atoms with Gasteiger partial charge in [0.15, 0.2) is 0 Å². The van der Waals surface area contributed by atoms with Crippen LogP contribution in [0.25, 0.3) is 0 Å². The molecule has 2 nitrogen and oxygen atoms in total. The van der Waals surface area contributed by atoms with Gasteiger partial charge in [0.1, 0.15) is 0 Å². The number of nitrogens with one attached hydrogen (secondary N) is 1. The van der Waals surface area contributed by atoms with E-state index in [1.807, 2.05) is 6.07 Å². The highest BCUT2D eigenvalue weighted by atomic mass is 35.5. The van der Waals surface area contributed by atoms with Crippen LogP contribution in [-0.2, 0) is 6.42 Å². The second-order valence-electron chi connectivity index (χ2n) is 5.13. The summed E-state index contributed by atoms with van der Waals surface area (Å²) >= 11 is 5.99. The predicted octanol–water partition coefficient (Wildman–Crippen LogP) is 2.93. The largest absolute Gasteiger partial charge is 0.395 e. The Morgan fingerprint density at radius 3 is 2.88 bits per heavy atom. The molecule has 0 amide bonds. The number of fused-ring (bicyclic) bond motifs is 1. The van der Waals surface area contributed by atoms with Crippen molar-refractivity contribution in [2.24, 2.45) is 5.92 Å². The Balaban J connectivity index is 2.11. The van der Waals surface area contributed by atoms with E-state index in [0.29, 0.717) is 12.0 Å². The van der Waals surface area contributed by atoms with E-state index < -0.39 is 0 Å². The third kappa shape index (κ3) is 2.82. The Hall–Kier alpha value is -0.570. The Labute approximate surface area is 108 Å². The number of halogens is 1. The molecule has 3 heteroatoms. The highest BCUT2D eigenvalue weighted by molar-refractivity contribution is 6.30. The zero-order valence-corrected chi connectivity index (χ0v) is 11.2. The number of aliphatic hydroxyl groups is 1. The second kappa shape index (κ2) is 5.38. The van der Waals surface area contributed by atoms with Gasteiger partial charge < -0.3 is 10.4 Å². The Morgan fingerprint density at radius 2 is 2.24 bits per heavy atom. The average Bonchev–Trinajstić information content (AvgIpc) is 2.67. The van der Waals surface area contributed by atoms with E-state index in [9.17, 15) is 5.11 Å². The lowest BCUT2D eigenvalue weighted by molar-refractivity contribution is 0.199. The van der Waals surface area contributed by atoms with Crippen LogP contribution >= 0.6 is 11.6 Å². The molecule has 0 saturated carbocycles. The zero-order chi connectivity index (χ0) is 12.4. The number of aliphatic hydroxyl groups excluding tert-OH is 1. The monoisotopic (exact) mass is 253 g/mol. The van der Waals surface area contributed by atoms with Crippen molar-refractivity contribution in [3.63, 3.8) is 0 Å². The Kier molecular flexibility index (Phi) is 4.08. The Bertz CT molecular complexity index is 392. The summed E-state index contributed by atoms with van der Waals surface area (Å²) in [4.78, 5) is 0. The molecule has 0 saturated heterocycles. The van der Waals surface area contributed by atoms with Crippen molar-refractivity contribution in [2.45, 2.75) is 38.8 Å². The SMILES string of the molecule is CC(C)[C@@H](CO)NC1CCc2cc(Cl)ccc21. The number of hydrogen-bond donors (Lipinski definition) is 2. The molecule has 1 aliphatic rings. The summed E-state index contributed by atoms with van der Waals surface area (Å²) in [6.45, 7) is 4.45. The molecule has 1 aromatic carbocycles. The minimum absolute atomic E-state index is 0.168. The van der Waals surface area contributed by atoms with Gasteiger partial charge in [0.25, 0.3) is 0 Å². The first kappa shape index (κ1) is 12.9. The van der Waals surface area contributed by atoms with Gasteiger partial charge in [-0.1, -0.05) is 31.5 Å². The van der Waals surface area contributed by atoms with Crippen LogP contribution in [0.3, 0.4) is 0 Å². The van der Waals surface area contributed by atoms with Gasteiger partial charge in [0.05, 0.1) is 6.61 Å². The summed E-state index contributed by atoms with van der Waals surface area (Å²) in [6, 6.07) is 6.64. The molecule has 0 radical (unpaired) electrons. The number of hydrogen-bond acceptors (Lipinski definition) is 2. The van der Waals surface area contributed by atoms with Crippen LogP contribution in [-0.4, -0.2) is 17.8 Å². The van der Waals surface area contributed by atoms with Crippen molar-refractivity contribution in [3.05, 3.63) is 34.3 Å². The van der Waals surface area contributed by atoms with Gasteiger partial charge >= 0.3 is 0 Å². The maximum absolute atomic E-state index is 9.37. The van der Waals surface area contributed by atoms with Crippen molar-refractivity contribution in [1.82, 2.24) is 5.32 Å². The van der Waals surface area contributed by atoms with Crippen molar-refractivity contribution < 1.29 is 5.11 Å². The predicted molar refractivity (Wildman–Crippen MR) is 71.4 cm³/mol. The van der Waals surface area contributed by atoms with E-state index in [1.54, 1.807) is 0 Å². The van der Waals surface area contributed by atoms with E-state index in [4.69, 9.17) is 11.6 Å². The van der Waals surface area contributed by atoms with Gasteiger partial charge in [-0.05, 0) is 42.0 Å². The van der Waals surface area contributed by atoms with Crippen LogP contribution in [0.1, 0.15) is 37.4 Å². The summed E-state index contributed by atoms with van der Waals surface area (Å²) in [7, 11) is 0. The van der Waals surface area contributed by atoms with Gasteiger partial charge in [-0.2, -0.15) is 0 Å². The summed E-state index contributed by atoms with van der Waals surface area (Å²) in [5.41, 5.74) is 2.68. The minimum Gasteiger partial charge on any atom is -0.395 e. The first-order valence-corrected chi connectivity index (χ1v) is 6.65. The van der Waals surface area contributed by atoms with Crippen LogP contribution in [0.2, 0.25) is 5.02 Å². The lowest BCUT2D eigenvalue weighted by atomic mass is 10.0. The van der Waals surface area contributed by atoms with Gasteiger partial charge in [-0.25, -0.2) is 0 Å². The molecule has 0 spiro atoms. The number of rotatable bonds is 4. The summed E-state index contributed by atoms with van der Waals surface area (Å²) < 4.78 is 0. The molecular weight excluding hydrogens is 234 g/mol. The van der Waals surface area contributed by atoms with Crippen molar-refractivity contribution in [1.29, 1.82) is 0 Å². The fourth-order valence-electron chi connectivity index (χ4n) is 2.47. The maximum Gasteiger partial charge on any atom is 0.0587 e. The zero-order valence-electron chi connectivity index (χ0n) is 10.4. The summed E-state index contributed by atoms with van der Waals surface area (Å²) in [5.74, 6) is 0.441.